The van der Waals surface area contributed by atoms with Crippen molar-refractivity contribution in [3.8, 4) is 0 Å². The topological polar surface area (TPSA) is 306 Å². The van der Waals surface area contributed by atoms with E-state index in [1.54, 1.807) is 18.6 Å². The Morgan fingerprint density at radius 1 is 0.391 bits per heavy atom. The van der Waals surface area contributed by atoms with E-state index in [1.165, 1.54) is 6.33 Å². The first kappa shape index (κ1) is 82.9. The van der Waals surface area contributed by atoms with E-state index in [4.69, 9.17) is 0 Å². The molecule has 0 saturated heterocycles. The van der Waals surface area contributed by atoms with Crippen LogP contribution in [-0.2, 0) is 32.7 Å². The van der Waals surface area contributed by atoms with Crippen LogP contribution in [0.4, 0.5) is 0 Å². The number of nitrogens with zero attached hydrogens (tertiary/aromatic N) is 7. The van der Waals surface area contributed by atoms with Crippen molar-refractivity contribution >= 4 is 67.4 Å². The van der Waals surface area contributed by atoms with Crippen molar-refractivity contribution in [3.63, 3.8) is 0 Å². The van der Waals surface area contributed by atoms with Crippen molar-refractivity contribution in [1.82, 2.24) is 74.4 Å². The van der Waals surface area contributed by atoms with Gasteiger partial charge in [-0.15, -0.1) is 0 Å². The second-order valence-electron chi connectivity index (χ2n) is 29.8. The Bertz CT molecular complexity index is 6060. The highest BCUT2D eigenvalue weighted by atomic mass is 16.2. The van der Waals surface area contributed by atoms with E-state index in [1.807, 2.05) is 198 Å². The number of carbonyl (C=O) groups is 4. The predicted octanol–water partition coefficient (Wildman–Crippen LogP) is 15.5. The number of aromatic nitrogens is 11. The second kappa shape index (κ2) is 36.2. The van der Waals surface area contributed by atoms with Gasteiger partial charge < -0.3 is 59.5 Å². The minimum atomic E-state index is -0.214. The number of aromatic amines is 4. The van der Waals surface area contributed by atoms with Gasteiger partial charge in [-0.3, -0.25) is 38.4 Å². The summed E-state index contributed by atoms with van der Waals surface area (Å²) in [6, 6.07) is 46.0. The van der Waals surface area contributed by atoms with Gasteiger partial charge in [-0.1, -0.05) is 98.8 Å². The molecule has 8 N–H and O–H groups in total. The number of nitrogens with one attached hydrogen (secondary N) is 8. The number of pyridine rings is 5. The summed E-state index contributed by atoms with van der Waals surface area (Å²) in [5.41, 5.74) is 20.6. The monoisotopic (exact) mass is 1550 g/mol. The molecule has 23 heteroatoms. The molecule has 0 aliphatic carbocycles. The summed E-state index contributed by atoms with van der Waals surface area (Å²) in [4.78, 5) is 125. The lowest BCUT2D eigenvalue weighted by Gasteiger charge is -2.17. The van der Waals surface area contributed by atoms with E-state index in [2.05, 4.69) is 133 Å². The summed E-state index contributed by atoms with van der Waals surface area (Å²) >= 11 is 0. The summed E-state index contributed by atoms with van der Waals surface area (Å²) in [5, 5.41) is 15.3. The summed E-state index contributed by atoms with van der Waals surface area (Å²) in [7, 11) is 0. The van der Waals surface area contributed by atoms with Gasteiger partial charge in [0.2, 0.25) is 0 Å². The number of hydrogen-bond donors (Lipinski definition) is 8. The van der Waals surface area contributed by atoms with Crippen molar-refractivity contribution in [1.29, 1.82) is 0 Å². The van der Waals surface area contributed by atoms with E-state index >= 15 is 0 Å². The van der Waals surface area contributed by atoms with Gasteiger partial charge in [-0.2, -0.15) is 0 Å². The van der Waals surface area contributed by atoms with E-state index in [-0.39, 0.29) is 78.1 Å². The van der Waals surface area contributed by atoms with E-state index in [9.17, 15) is 38.4 Å². The van der Waals surface area contributed by atoms with Crippen LogP contribution < -0.4 is 43.5 Å². The molecule has 0 aliphatic rings. The maximum atomic E-state index is 13.3. The molecule has 115 heavy (non-hydrogen) atoms. The number of carbonyl (C=O) groups excluding carboxylic acids is 4. The molecule has 10 heterocycles. The van der Waals surface area contributed by atoms with Crippen LogP contribution in [0.15, 0.2) is 184 Å². The molecule has 0 spiro atoms. The molecule has 14 aromatic rings. The summed E-state index contributed by atoms with van der Waals surface area (Å²) in [6.45, 7) is 34.8. The number of aryl methyl sites for hydroxylation is 8. The minimum Gasteiger partial charge on any atom is -0.348 e. The molecule has 14 rings (SSSR count). The zero-order valence-corrected chi connectivity index (χ0v) is 68.7. The van der Waals surface area contributed by atoms with Gasteiger partial charge in [0.15, 0.2) is 0 Å². The van der Waals surface area contributed by atoms with Crippen LogP contribution in [0.2, 0.25) is 0 Å². The molecule has 0 radical (unpaired) electrons. The van der Waals surface area contributed by atoms with Gasteiger partial charge in [-0.05, 0) is 199 Å². The molecule has 0 saturated carbocycles. The summed E-state index contributed by atoms with van der Waals surface area (Å²) in [5.74, 6) is -0.713. The van der Waals surface area contributed by atoms with Crippen LogP contribution in [0.5, 0.6) is 0 Å². The van der Waals surface area contributed by atoms with Crippen LogP contribution >= 0.6 is 0 Å². The maximum absolute atomic E-state index is 13.3. The average Bonchev–Trinajstić information content (AvgIpc) is 1.61. The molecule has 4 aromatic carbocycles. The van der Waals surface area contributed by atoms with Crippen molar-refractivity contribution in [2.24, 2.45) is 0 Å². The number of para-hydroxylation sites is 3. The highest BCUT2D eigenvalue weighted by molar-refractivity contribution is 6.11. The Hall–Kier alpha value is -13.1. The fourth-order valence-electron chi connectivity index (χ4n) is 15.7. The first-order valence-corrected chi connectivity index (χ1v) is 38.9. The number of fused-ring (bicyclic) bond motifs is 4. The lowest BCUT2D eigenvalue weighted by molar-refractivity contribution is 0.0943. The number of hydrogen-bond acceptors (Lipinski definition) is 11. The third kappa shape index (κ3) is 17.9. The number of benzene rings is 4. The molecule has 3 atom stereocenters. The molecule has 594 valence electrons. The van der Waals surface area contributed by atoms with Crippen LogP contribution in [0.1, 0.15) is 208 Å². The van der Waals surface area contributed by atoms with Crippen LogP contribution in [0.25, 0.3) is 43.7 Å². The summed E-state index contributed by atoms with van der Waals surface area (Å²) in [6.07, 6.45) is 8.75. The molecular formula is C92H103N15O8. The quantitative estimate of drug-likeness (QED) is 0.0355. The molecule has 0 fully saturated rings. The van der Waals surface area contributed by atoms with E-state index in [0.29, 0.717) is 63.1 Å². The van der Waals surface area contributed by atoms with Gasteiger partial charge in [-0.25, -0.2) is 15.0 Å². The number of H-pyrrole nitrogens is 4. The van der Waals surface area contributed by atoms with Gasteiger partial charge >= 0.3 is 0 Å². The molecule has 0 aliphatic heterocycles. The lowest BCUT2D eigenvalue weighted by atomic mass is 10.1. The Labute approximate surface area is 668 Å². The van der Waals surface area contributed by atoms with Gasteiger partial charge in [0.05, 0.1) is 34.8 Å². The third-order valence-electron chi connectivity index (χ3n) is 21.8. The lowest BCUT2D eigenvalue weighted by Crippen LogP contribution is -2.28. The second-order valence-corrected chi connectivity index (χ2v) is 29.8. The average molecular weight is 1550 g/mol. The van der Waals surface area contributed by atoms with Gasteiger partial charge in [0.25, 0.3) is 45.9 Å². The van der Waals surface area contributed by atoms with Crippen LogP contribution in [0, 0.1) is 83.1 Å². The Balaban J connectivity index is 0.000000151. The standard InChI is InChI=1S/C25H26N4O2.C23H23N5O2.2C22H27N3O2/c1-15-13-16(2)28-24(30)21(15)14-27-25(31)22-18(4)29(23-20(22)11-8-12-26-23)17(3)19-9-6-5-7-10-19;1-14-8-15(2)27-22(29)19(14)11-26-23(30)21-16(3)28(12-17-9-24-13-25-10-17)20-7-5-4-6-18(20)21;2*1-6-15(4)25-16(5)20(17-9-7-8-10-19(17)25)22(27)23-12-18-13(2)11-14(3)24-21(18)26/h5-13,17H,14H2,1-4H3,(H,27,31)(H,28,30);4-10,13H,11-12H2,1-3H3,(H,26,30)(H,27,29);2*7-11,15H,6,12H2,1-5H3,(H,23,27)(H,24,26). The third-order valence-corrected chi connectivity index (χ3v) is 21.8. The van der Waals surface area contributed by atoms with Crippen molar-refractivity contribution < 1.29 is 19.2 Å². The normalized spacial score (nSPS) is 11.9. The fraction of sp³-hybridized carbons (Fsp3) is 0.293. The Kier molecular flexibility index (Phi) is 26.1. The van der Waals surface area contributed by atoms with Crippen LogP contribution in [0.3, 0.4) is 0 Å². The van der Waals surface area contributed by atoms with Crippen molar-refractivity contribution in [3.05, 3.63) is 329 Å². The zero-order chi connectivity index (χ0) is 82.8. The largest absolute Gasteiger partial charge is 0.348 e. The maximum Gasteiger partial charge on any atom is 0.254 e. The molecule has 23 nitrogen and oxygen atoms in total. The summed E-state index contributed by atoms with van der Waals surface area (Å²) < 4.78 is 8.65. The highest BCUT2D eigenvalue weighted by Crippen LogP contribution is 2.35. The van der Waals surface area contributed by atoms with Gasteiger partial charge in [0, 0.05) is 168 Å². The van der Waals surface area contributed by atoms with E-state index in [0.717, 1.165) is 136 Å². The van der Waals surface area contributed by atoms with Crippen LogP contribution in [-0.4, -0.2) is 76.8 Å². The Morgan fingerprint density at radius 2 is 0.713 bits per heavy atom. The molecule has 4 amide bonds. The Morgan fingerprint density at radius 3 is 1.09 bits per heavy atom. The molecule has 3 unspecified atom stereocenters. The molecule has 10 aromatic heterocycles. The first-order chi connectivity index (χ1) is 55.0. The first-order valence-electron chi connectivity index (χ1n) is 38.9. The minimum absolute atomic E-state index is 0.0161. The number of rotatable bonds is 20. The van der Waals surface area contributed by atoms with Gasteiger partial charge in [0.1, 0.15) is 12.0 Å². The smallest absolute Gasteiger partial charge is 0.254 e. The van der Waals surface area contributed by atoms with Crippen molar-refractivity contribution in [2.75, 3.05) is 0 Å². The predicted molar refractivity (Wildman–Crippen MR) is 457 cm³/mol. The fourth-order valence-corrected chi connectivity index (χ4v) is 15.7. The highest BCUT2D eigenvalue weighted by Gasteiger charge is 2.28. The molecular weight excluding hydrogens is 1440 g/mol. The zero-order valence-electron chi connectivity index (χ0n) is 68.7. The SMILES string of the molecule is CCC(C)n1c(C)c(C(=O)NCc2c(C)cc(C)[nH]c2=O)c2ccccc21.CCC(C)n1c(C)c(C(=O)NCc2c(C)cc(C)[nH]c2=O)c2ccccc21.Cc1cc(C)c(CNC(=O)c2c(C)n(C(C)c3ccccc3)c3ncccc23)c(=O)[nH]1.Cc1cc(C)c(CNC(=O)c2c(C)n(Cc3cncnc3)c3ccccc23)c(=O)[nH]1. The van der Waals surface area contributed by atoms with Crippen molar-refractivity contribution in [2.45, 2.75) is 181 Å². The number of amides is 4. The van der Waals surface area contributed by atoms with E-state index < -0.39 is 0 Å². The molecule has 0 bridgehead atoms.